The van der Waals surface area contributed by atoms with E-state index in [9.17, 15) is 21.6 Å². The maximum Gasteiger partial charge on any atom is 0.417 e. The highest BCUT2D eigenvalue weighted by Gasteiger charge is 2.39. The Morgan fingerprint density at radius 3 is 2.22 bits per heavy atom. The van der Waals surface area contributed by atoms with Gasteiger partial charge in [-0.3, -0.25) is 0 Å². The molecule has 2 aromatic carbocycles. The van der Waals surface area contributed by atoms with Crippen LogP contribution in [0.15, 0.2) is 41.3 Å². The fourth-order valence-electron chi connectivity index (χ4n) is 2.65. The number of alkyl halides is 3. The first kappa shape index (κ1) is 18.9. The molecule has 27 heavy (non-hydrogen) atoms. The fourth-order valence-corrected chi connectivity index (χ4v) is 3.63. The van der Waals surface area contributed by atoms with Crippen molar-refractivity contribution in [1.29, 1.82) is 0 Å². The number of nitrogens with zero attached hydrogens (tertiary/aromatic N) is 3. The van der Waals surface area contributed by atoms with Gasteiger partial charge in [0, 0.05) is 6.54 Å². The number of hydrogen-bond acceptors (Lipinski definition) is 6. The van der Waals surface area contributed by atoms with E-state index in [0.717, 1.165) is 11.6 Å². The van der Waals surface area contributed by atoms with Crippen molar-refractivity contribution < 1.29 is 21.6 Å². The lowest BCUT2D eigenvalue weighted by atomic mass is 9.96. The number of nitrogens with two attached hydrogens (primary N) is 2. The van der Waals surface area contributed by atoms with Crippen molar-refractivity contribution >= 4 is 10.0 Å². The second-order valence-electron chi connectivity index (χ2n) is 5.54. The predicted molar refractivity (Wildman–Crippen MR) is 89.3 cm³/mol. The van der Waals surface area contributed by atoms with Crippen LogP contribution in [-0.4, -0.2) is 29.0 Å². The third-order valence-electron chi connectivity index (χ3n) is 3.82. The molecule has 1 heterocycles. The van der Waals surface area contributed by atoms with Gasteiger partial charge >= 0.3 is 6.18 Å². The van der Waals surface area contributed by atoms with E-state index in [1.807, 2.05) is 0 Å². The molecule has 3 rings (SSSR count). The summed E-state index contributed by atoms with van der Waals surface area (Å²) in [4.78, 5) is -1.11. The largest absolute Gasteiger partial charge is 0.417 e. The SMILES string of the molecule is NCc1ccc(-c2ccc(C(F)(F)F)c(S(N)(=O)=O)c2-c2nn[nH]n2)cc1. The van der Waals surface area contributed by atoms with Crippen LogP contribution in [0, 0.1) is 0 Å². The van der Waals surface area contributed by atoms with Crippen LogP contribution in [0.4, 0.5) is 13.2 Å². The molecule has 1 aromatic heterocycles. The van der Waals surface area contributed by atoms with Gasteiger partial charge in [-0.25, -0.2) is 13.6 Å². The molecule has 0 aliphatic heterocycles. The Balaban J connectivity index is 2.41. The smallest absolute Gasteiger partial charge is 0.326 e. The minimum Gasteiger partial charge on any atom is -0.326 e. The molecule has 142 valence electrons. The van der Waals surface area contributed by atoms with E-state index >= 15 is 0 Å². The lowest BCUT2D eigenvalue weighted by Crippen LogP contribution is -2.21. The Labute approximate surface area is 151 Å². The first-order valence-corrected chi connectivity index (χ1v) is 8.97. The second-order valence-corrected chi connectivity index (χ2v) is 7.04. The summed E-state index contributed by atoms with van der Waals surface area (Å²) < 4.78 is 64.5. The third-order valence-corrected chi connectivity index (χ3v) is 4.81. The van der Waals surface area contributed by atoms with Crippen molar-refractivity contribution in [1.82, 2.24) is 20.6 Å². The van der Waals surface area contributed by atoms with Crippen LogP contribution >= 0.6 is 0 Å². The Kier molecular flexibility index (Phi) is 4.71. The van der Waals surface area contributed by atoms with Crippen LogP contribution in [0.3, 0.4) is 0 Å². The average Bonchev–Trinajstić information content (AvgIpc) is 3.13. The molecule has 0 aliphatic rings. The molecule has 12 heteroatoms. The Hall–Kier alpha value is -2.83. The molecular formula is C15H13F3N6O2S. The summed E-state index contributed by atoms with van der Waals surface area (Å²) in [6.07, 6.45) is -4.96. The second kappa shape index (κ2) is 6.72. The lowest BCUT2D eigenvalue weighted by Gasteiger charge is -2.17. The van der Waals surface area contributed by atoms with Gasteiger partial charge in [0.25, 0.3) is 0 Å². The van der Waals surface area contributed by atoms with Crippen molar-refractivity contribution in [2.45, 2.75) is 17.6 Å². The van der Waals surface area contributed by atoms with Crippen LogP contribution in [0.5, 0.6) is 0 Å². The molecule has 0 saturated carbocycles. The Morgan fingerprint density at radius 1 is 1.07 bits per heavy atom. The van der Waals surface area contributed by atoms with E-state index in [2.05, 4.69) is 20.6 Å². The summed E-state index contributed by atoms with van der Waals surface area (Å²) in [5.74, 6) is -0.331. The molecule has 0 spiro atoms. The minimum absolute atomic E-state index is 0.150. The quantitative estimate of drug-likeness (QED) is 0.610. The van der Waals surface area contributed by atoms with Gasteiger partial charge < -0.3 is 5.73 Å². The maximum absolute atomic E-state index is 13.4. The maximum atomic E-state index is 13.4. The molecule has 3 aromatic rings. The number of halogens is 3. The van der Waals surface area contributed by atoms with Crippen molar-refractivity contribution in [2.24, 2.45) is 10.9 Å². The van der Waals surface area contributed by atoms with E-state index in [-0.39, 0.29) is 23.5 Å². The number of benzene rings is 2. The summed E-state index contributed by atoms with van der Waals surface area (Å²) in [5.41, 5.74) is 5.12. The highest BCUT2D eigenvalue weighted by molar-refractivity contribution is 7.89. The number of hydrogen-bond donors (Lipinski definition) is 3. The number of H-pyrrole nitrogens is 1. The van der Waals surface area contributed by atoms with Gasteiger partial charge in [-0.2, -0.15) is 18.4 Å². The molecular weight excluding hydrogens is 385 g/mol. The van der Waals surface area contributed by atoms with E-state index in [4.69, 9.17) is 10.9 Å². The van der Waals surface area contributed by atoms with E-state index in [1.165, 1.54) is 0 Å². The number of primary sulfonamides is 1. The van der Waals surface area contributed by atoms with Gasteiger partial charge in [-0.1, -0.05) is 30.3 Å². The van der Waals surface area contributed by atoms with Gasteiger partial charge in [-0.15, -0.1) is 10.2 Å². The highest BCUT2D eigenvalue weighted by atomic mass is 32.2. The summed E-state index contributed by atoms with van der Waals surface area (Å²) in [7, 11) is -4.78. The van der Waals surface area contributed by atoms with Gasteiger partial charge in [0.1, 0.15) is 4.90 Å². The van der Waals surface area contributed by atoms with Crippen molar-refractivity contribution in [3.8, 4) is 22.5 Å². The van der Waals surface area contributed by atoms with E-state index < -0.39 is 26.7 Å². The van der Waals surface area contributed by atoms with Gasteiger partial charge in [-0.05, 0) is 28.0 Å². The van der Waals surface area contributed by atoms with Crippen molar-refractivity contribution in [2.75, 3.05) is 0 Å². The zero-order valence-corrected chi connectivity index (χ0v) is 14.3. The predicted octanol–water partition coefficient (Wildman–Crippen LogP) is 1.66. The molecule has 0 bridgehead atoms. The van der Waals surface area contributed by atoms with Crippen LogP contribution in [0.2, 0.25) is 0 Å². The standard InChI is InChI=1S/C15H13F3N6O2S/c16-15(17,18)11-6-5-10(9-3-1-8(7-19)2-4-9)12(13(11)27(20,25)26)14-21-23-24-22-14/h1-6H,7,19H2,(H2,20,25,26)(H,21,22,23,24). The topological polar surface area (TPSA) is 141 Å². The molecule has 0 radical (unpaired) electrons. The van der Waals surface area contributed by atoms with Crippen LogP contribution in [-0.2, 0) is 22.7 Å². The molecule has 0 aliphatic carbocycles. The highest BCUT2D eigenvalue weighted by Crippen LogP contribution is 2.42. The number of sulfonamides is 1. The summed E-state index contributed by atoms with van der Waals surface area (Å²) in [6, 6.07) is 8.34. The number of aromatic amines is 1. The van der Waals surface area contributed by atoms with Crippen molar-refractivity contribution in [3.63, 3.8) is 0 Å². The van der Waals surface area contributed by atoms with Crippen molar-refractivity contribution in [3.05, 3.63) is 47.5 Å². The molecule has 0 amide bonds. The summed E-state index contributed by atoms with van der Waals surface area (Å²) in [6.45, 7) is 0.271. The monoisotopic (exact) mass is 398 g/mol. The van der Waals surface area contributed by atoms with Crippen LogP contribution in [0.25, 0.3) is 22.5 Å². The zero-order chi connectivity index (χ0) is 19.8. The summed E-state index contributed by atoms with van der Waals surface area (Å²) in [5, 5.41) is 17.8. The van der Waals surface area contributed by atoms with Crippen LogP contribution < -0.4 is 10.9 Å². The molecule has 0 saturated heterocycles. The molecule has 5 N–H and O–H groups in total. The molecule has 8 nitrogen and oxygen atoms in total. The zero-order valence-electron chi connectivity index (χ0n) is 13.5. The van der Waals surface area contributed by atoms with Gasteiger partial charge in [0.05, 0.1) is 11.1 Å². The number of tetrazole rings is 1. The van der Waals surface area contributed by atoms with Gasteiger partial charge in [0.15, 0.2) is 0 Å². The molecule has 0 unspecified atom stereocenters. The number of aromatic nitrogens is 4. The molecule has 0 fully saturated rings. The lowest BCUT2D eigenvalue weighted by molar-refractivity contribution is -0.139. The molecule has 0 atom stereocenters. The van der Waals surface area contributed by atoms with E-state index in [0.29, 0.717) is 11.6 Å². The Morgan fingerprint density at radius 2 is 1.74 bits per heavy atom. The summed E-state index contributed by atoms with van der Waals surface area (Å²) >= 11 is 0. The van der Waals surface area contributed by atoms with Gasteiger partial charge in [0.2, 0.25) is 15.8 Å². The minimum atomic E-state index is -4.96. The number of nitrogens with one attached hydrogen (secondary N) is 1. The third kappa shape index (κ3) is 3.67. The normalized spacial score (nSPS) is 12.3. The van der Waals surface area contributed by atoms with E-state index in [1.54, 1.807) is 24.3 Å². The Bertz CT molecular complexity index is 1060. The average molecular weight is 398 g/mol. The fraction of sp³-hybridized carbons (Fsp3) is 0.133. The van der Waals surface area contributed by atoms with Crippen LogP contribution in [0.1, 0.15) is 11.1 Å². The first-order valence-electron chi connectivity index (χ1n) is 7.43. The first-order chi connectivity index (χ1) is 12.6. The number of rotatable bonds is 4.